The molecule has 0 bridgehead atoms. The molecule has 0 aliphatic carbocycles. The highest BCUT2D eigenvalue weighted by Crippen LogP contribution is 2.22. The Bertz CT molecular complexity index is 803. The van der Waals surface area contributed by atoms with Crippen molar-refractivity contribution in [3.8, 4) is 0 Å². The number of halogens is 1. The Labute approximate surface area is 151 Å². The molecule has 1 N–H and O–H groups in total. The molecule has 0 amide bonds. The Morgan fingerprint density at radius 1 is 1.38 bits per heavy atom. The molecule has 2 aromatic rings. The van der Waals surface area contributed by atoms with E-state index in [4.69, 9.17) is 11.6 Å². The van der Waals surface area contributed by atoms with Gasteiger partial charge in [-0.1, -0.05) is 29.4 Å². The molecule has 0 fully saturated rings. The van der Waals surface area contributed by atoms with Crippen LogP contribution < -0.4 is 4.72 Å². The molecule has 0 saturated carbocycles. The van der Waals surface area contributed by atoms with E-state index >= 15 is 0 Å². The molecular weight excluding hydrogens is 368 g/mol. The van der Waals surface area contributed by atoms with Crippen molar-refractivity contribution in [3.63, 3.8) is 0 Å². The molecule has 2 rings (SSSR count). The van der Waals surface area contributed by atoms with Gasteiger partial charge in [0.1, 0.15) is 0 Å². The van der Waals surface area contributed by atoms with Gasteiger partial charge in [-0.05, 0) is 38.1 Å². The van der Waals surface area contributed by atoms with E-state index in [-0.39, 0.29) is 4.90 Å². The second kappa shape index (κ2) is 8.15. The zero-order chi connectivity index (χ0) is 17.7. The fourth-order valence-electron chi connectivity index (χ4n) is 2.13. The Kier molecular flexibility index (Phi) is 6.45. The molecule has 1 unspecified atom stereocenters. The van der Waals surface area contributed by atoms with E-state index in [9.17, 15) is 8.42 Å². The van der Waals surface area contributed by atoms with Gasteiger partial charge < -0.3 is 4.57 Å². The number of hydrogen-bond acceptors (Lipinski definition) is 5. The summed E-state index contributed by atoms with van der Waals surface area (Å²) in [6, 6.07) is 5.50. The van der Waals surface area contributed by atoms with Crippen LogP contribution >= 0.6 is 23.4 Å². The maximum atomic E-state index is 12.5. The highest BCUT2D eigenvalue weighted by molar-refractivity contribution is 7.99. The molecule has 0 saturated heterocycles. The minimum atomic E-state index is -3.67. The van der Waals surface area contributed by atoms with E-state index in [1.165, 1.54) is 23.9 Å². The lowest BCUT2D eigenvalue weighted by Crippen LogP contribution is -2.29. The van der Waals surface area contributed by atoms with E-state index in [1.807, 2.05) is 11.5 Å². The number of aromatic nitrogens is 3. The lowest BCUT2D eigenvalue weighted by molar-refractivity contribution is 0.539. The van der Waals surface area contributed by atoms with Gasteiger partial charge in [0.25, 0.3) is 0 Å². The second-order valence-corrected chi connectivity index (χ2v) is 8.12. The topological polar surface area (TPSA) is 76.9 Å². The van der Waals surface area contributed by atoms with Crippen LogP contribution in [0.4, 0.5) is 0 Å². The number of nitrogens with zero attached hydrogens (tertiary/aromatic N) is 3. The van der Waals surface area contributed by atoms with Crippen LogP contribution in [0.3, 0.4) is 0 Å². The Morgan fingerprint density at radius 2 is 2.04 bits per heavy atom. The molecule has 1 heterocycles. The van der Waals surface area contributed by atoms with E-state index in [0.29, 0.717) is 23.1 Å². The van der Waals surface area contributed by atoms with Crippen LogP contribution in [0.15, 0.2) is 47.0 Å². The van der Waals surface area contributed by atoms with Gasteiger partial charge in [0.2, 0.25) is 10.0 Å². The van der Waals surface area contributed by atoms with E-state index in [0.717, 1.165) is 5.16 Å². The zero-order valence-electron chi connectivity index (χ0n) is 13.4. The summed E-state index contributed by atoms with van der Waals surface area (Å²) in [5.41, 5.74) is 0. The molecule has 1 aromatic carbocycles. The first-order chi connectivity index (χ1) is 11.4. The Morgan fingerprint density at radius 3 is 2.62 bits per heavy atom. The fraction of sp³-hybridized carbons (Fsp3) is 0.333. The summed E-state index contributed by atoms with van der Waals surface area (Å²) in [5, 5.41) is 9.50. The molecule has 0 spiro atoms. The third kappa shape index (κ3) is 4.38. The summed E-state index contributed by atoms with van der Waals surface area (Å²) in [6.07, 6.45) is 1.78. The van der Waals surface area contributed by atoms with Crippen molar-refractivity contribution in [2.24, 2.45) is 0 Å². The molecule has 9 heteroatoms. The maximum absolute atomic E-state index is 12.5. The lowest BCUT2D eigenvalue weighted by Gasteiger charge is -2.15. The third-order valence-corrected chi connectivity index (χ3v) is 6.01. The minimum Gasteiger partial charge on any atom is -0.305 e. The first-order valence-electron chi connectivity index (χ1n) is 7.33. The van der Waals surface area contributed by atoms with Crippen molar-refractivity contribution < 1.29 is 8.42 Å². The van der Waals surface area contributed by atoms with Crippen LogP contribution in [0, 0.1) is 0 Å². The van der Waals surface area contributed by atoms with Crippen LogP contribution in [0.25, 0.3) is 0 Å². The molecule has 0 aliphatic heterocycles. The van der Waals surface area contributed by atoms with Gasteiger partial charge in [-0.3, -0.25) is 0 Å². The van der Waals surface area contributed by atoms with Crippen molar-refractivity contribution >= 4 is 33.4 Å². The summed E-state index contributed by atoms with van der Waals surface area (Å²) in [4.78, 5) is 0.155. The largest absolute Gasteiger partial charge is 0.305 e. The molecule has 130 valence electrons. The highest BCUT2D eigenvalue weighted by atomic mass is 35.5. The van der Waals surface area contributed by atoms with Gasteiger partial charge in [-0.2, -0.15) is 0 Å². The van der Waals surface area contributed by atoms with Crippen molar-refractivity contribution in [1.82, 2.24) is 19.5 Å². The zero-order valence-corrected chi connectivity index (χ0v) is 15.8. The molecule has 0 radical (unpaired) electrons. The van der Waals surface area contributed by atoms with Crippen molar-refractivity contribution in [2.45, 2.75) is 36.5 Å². The Hall–Kier alpha value is -1.35. The van der Waals surface area contributed by atoms with Crippen molar-refractivity contribution in [2.75, 3.05) is 5.75 Å². The summed E-state index contributed by atoms with van der Waals surface area (Å²) in [6.45, 7) is 8.03. The van der Waals surface area contributed by atoms with Crippen LogP contribution in [-0.2, 0) is 16.6 Å². The number of nitrogens with one attached hydrogen (secondary N) is 1. The summed E-state index contributed by atoms with van der Waals surface area (Å²) in [7, 11) is -3.67. The van der Waals surface area contributed by atoms with E-state index in [2.05, 4.69) is 21.5 Å². The maximum Gasteiger partial charge on any atom is 0.241 e. The number of rotatable bonds is 8. The van der Waals surface area contributed by atoms with Crippen LogP contribution in [-0.4, -0.2) is 28.9 Å². The predicted molar refractivity (Wildman–Crippen MR) is 96.8 cm³/mol. The summed E-state index contributed by atoms with van der Waals surface area (Å²) in [5.74, 6) is 1.28. The van der Waals surface area contributed by atoms with Gasteiger partial charge in [0.05, 0.1) is 10.9 Å². The summed E-state index contributed by atoms with van der Waals surface area (Å²) < 4.78 is 29.5. The van der Waals surface area contributed by atoms with E-state index < -0.39 is 16.1 Å². The SMILES string of the molecule is C=CCSc1nnc(C(C)NS(=O)(=O)c2ccc(Cl)cc2)n1CC. The first kappa shape index (κ1) is 19.0. The van der Waals surface area contributed by atoms with Gasteiger partial charge in [-0.15, -0.1) is 16.8 Å². The predicted octanol–water partition coefficient (Wildman–Crippen LogP) is 3.27. The molecule has 0 aliphatic rings. The standard InChI is InChI=1S/C15H19ClN4O2S2/c1-4-10-23-15-18-17-14(20(15)5-2)11(3)19-24(21,22)13-8-6-12(16)7-9-13/h4,6-9,11,19H,1,5,10H2,2-3H3. The number of benzene rings is 1. The first-order valence-corrected chi connectivity index (χ1v) is 10.2. The van der Waals surface area contributed by atoms with E-state index in [1.54, 1.807) is 25.1 Å². The van der Waals surface area contributed by atoms with Crippen LogP contribution in [0.1, 0.15) is 25.7 Å². The monoisotopic (exact) mass is 386 g/mol. The molecular formula is C15H19ClN4O2S2. The van der Waals surface area contributed by atoms with Crippen molar-refractivity contribution in [3.05, 3.63) is 47.8 Å². The average Bonchev–Trinajstić information content (AvgIpc) is 2.95. The highest BCUT2D eigenvalue weighted by Gasteiger charge is 2.23. The average molecular weight is 387 g/mol. The smallest absolute Gasteiger partial charge is 0.241 e. The van der Waals surface area contributed by atoms with Crippen LogP contribution in [0.2, 0.25) is 5.02 Å². The van der Waals surface area contributed by atoms with Gasteiger partial charge in [-0.25, -0.2) is 13.1 Å². The normalized spacial score (nSPS) is 13.0. The summed E-state index contributed by atoms with van der Waals surface area (Å²) >= 11 is 7.31. The lowest BCUT2D eigenvalue weighted by atomic mass is 10.3. The number of sulfonamides is 1. The number of thioether (sulfide) groups is 1. The number of hydrogen-bond donors (Lipinski definition) is 1. The van der Waals surface area contributed by atoms with Crippen LogP contribution in [0.5, 0.6) is 0 Å². The van der Waals surface area contributed by atoms with Gasteiger partial charge >= 0.3 is 0 Å². The second-order valence-electron chi connectivity index (χ2n) is 4.98. The molecule has 1 aromatic heterocycles. The molecule has 1 atom stereocenters. The van der Waals surface area contributed by atoms with Gasteiger partial charge in [0, 0.05) is 17.3 Å². The fourth-order valence-corrected chi connectivity index (χ4v) is 4.20. The minimum absolute atomic E-state index is 0.155. The molecule has 24 heavy (non-hydrogen) atoms. The molecule has 6 nitrogen and oxygen atoms in total. The van der Waals surface area contributed by atoms with Gasteiger partial charge in [0.15, 0.2) is 11.0 Å². The third-order valence-electron chi connectivity index (χ3n) is 3.24. The Balaban J connectivity index is 2.22. The quantitative estimate of drug-likeness (QED) is 0.556. The van der Waals surface area contributed by atoms with Crippen molar-refractivity contribution in [1.29, 1.82) is 0 Å².